The van der Waals surface area contributed by atoms with Crippen LogP contribution >= 0.6 is 0 Å². The van der Waals surface area contributed by atoms with Gasteiger partial charge in [0.1, 0.15) is 23.2 Å². The molecule has 0 aliphatic carbocycles. The highest BCUT2D eigenvalue weighted by Gasteiger charge is 2.29. The monoisotopic (exact) mass is 446 g/mol. The fourth-order valence-corrected chi connectivity index (χ4v) is 4.39. The molecule has 3 aliphatic rings. The molecular formula is C24H26N6O3. The van der Waals surface area contributed by atoms with E-state index in [9.17, 15) is 15.0 Å². The van der Waals surface area contributed by atoms with Crippen molar-refractivity contribution in [1.29, 1.82) is 0 Å². The standard InChI is InChI=1S/C24H26N6O3/c1-15(31)27-22-7-4-16(13-26-22)21(33)12-23-28-20-11-17(29-9-2-3-18(32)14-29)5-6-19(20)24-25-8-10-30(23)24/h4-7,11-13,18,32-33H,2-3,8-10,14H2,1H3,(H,26,27,31)/b21-12-. The van der Waals surface area contributed by atoms with Crippen molar-refractivity contribution in [3.8, 4) is 0 Å². The number of benzene rings is 1. The summed E-state index contributed by atoms with van der Waals surface area (Å²) in [7, 11) is 0. The van der Waals surface area contributed by atoms with Crippen LogP contribution in [-0.4, -0.2) is 70.0 Å². The Bertz CT molecular complexity index is 1170. The molecule has 33 heavy (non-hydrogen) atoms. The molecule has 3 aliphatic heterocycles. The van der Waals surface area contributed by atoms with Crippen LogP contribution in [0.5, 0.6) is 0 Å². The molecule has 5 rings (SSSR count). The lowest BCUT2D eigenvalue weighted by Crippen LogP contribution is -2.38. The van der Waals surface area contributed by atoms with Crippen LogP contribution in [0, 0.1) is 0 Å². The number of carbonyl (C=O) groups excluding carboxylic acids is 1. The minimum Gasteiger partial charge on any atom is -0.507 e. The number of carbonyl (C=O) groups is 1. The maximum atomic E-state index is 11.2. The van der Waals surface area contributed by atoms with Gasteiger partial charge in [0.2, 0.25) is 5.91 Å². The number of aliphatic hydroxyl groups is 2. The third kappa shape index (κ3) is 4.31. The second-order valence-corrected chi connectivity index (χ2v) is 8.41. The van der Waals surface area contributed by atoms with Gasteiger partial charge >= 0.3 is 0 Å². The molecule has 9 heteroatoms. The highest BCUT2D eigenvalue weighted by Crippen LogP contribution is 2.34. The van der Waals surface area contributed by atoms with Crippen molar-refractivity contribution in [3.05, 3.63) is 53.7 Å². The van der Waals surface area contributed by atoms with E-state index in [1.54, 1.807) is 18.2 Å². The van der Waals surface area contributed by atoms with Crippen molar-refractivity contribution in [3.63, 3.8) is 0 Å². The largest absolute Gasteiger partial charge is 0.507 e. The van der Waals surface area contributed by atoms with E-state index in [0.29, 0.717) is 36.9 Å². The highest BCUT2D eigenvalue weighted by atomic mass is 16.3. The Morgan fingerprint density at radius 2 is 2.12 bits per heavy atom. The first-order valence-corrected chi connectivity index (χ1v) is 11.1. The first kappa shape index (κ1) is 21.1. The Labute approximate surface area is 191 Å². The van der Waals surface area contributed by atoms with Gasteiger partial charge in [0.25, 0.3) is 0 Å². The summed E-state index contributed by atoms with van der Waals surface area (Å²) in [6, 6.07) is 9.46. The zero-order valence-electron chi connectivity index (χ0n) is 18.4. The molecule has 1 amide bonds. The zero-order chi connectivity index (χ0) is 22.9. The molecular weight excluding hydrogens is 420 g/mol. The van der Waals surface area contributed by atoms with Crippen molar-refractivity contribution >= 4 is 40.5 Å². The van der Waals surface area contributed by atoms with E-state index in [1.165, 1.54) is 13.1 Å². The second-order valence-electron chi connectivity index (χ2n) is 8.41. The molecule has 9 nitrogen and oxygen atoms in total. The third-order valence-corrected chi connectivity index (χ3v) is 5.97. The number of hydrogen-bond donors (Lipinski definition) is 3. The molecule has 1 saturated heterocycles. The van der Waals surface area contributed by atoms with E-state index in [2.05, 4.69) is 26.3 Å². The summed E-state index contributed by atoms with van der Waals surface area (Å²) in [4.78, 5) is 29.0. The molecule has 0 saturated carbocycles. The molecule has 170 valence electrons. The van der Waals surface area contributed by atoms with Crippen LogP contribution in [0.2, 0.25) is 0 Å². The molecule has 0 spiro atoms. The summed E-state index contributed by atoms with van der Waals surface area (Å²) in [5, 5.41) is 23.4. The average molecular weight is 447 g/mol. The highest BCUT2D eigenvalue weighted by molar-refractivity contribution is 6.20. The number of aliphatic imine (C=N–C) groups is 2. The summed E-state index contributed by atoms with van der Waals surface area (Å²) in [5.41, 5.74) is 3.30. The number of nitrogens with one attached hydrogen (secondary N) is 1. The van der Waals surface area contributed by atoms with Gasteiger partial charge < -0.3 is 25.3 Å². The first-order chi connectivity index (χ1) is 16.0. The molecule has 1 atom stereocenters. The summed E-state index contributed by atoms with van der Waals surface area (Å²) < 4.78 is 0. The average Bonchev–Trinajstić information content (AvgIpc) is 3.29. The lowest BCUT2D eigenvalue weighted by molar-refractivity contribution is -0.114. The number of hydrogen-bond acceptors (Lipinski definition) is 8. The van der Waals surface area contributed by atoms with Crippen molar-refractivity contribution in [2.75, 3.05) is 36.4 Å². The van der Waals surface area contributed by atoms with Gasteiger partial charge in [-0.25, -0.2) is 9.98 Å². The van der Waals surface area contributed by atoms with Crippen LogP contribution < -0.4 is 10.2 Å². The van der Waals surface area contributed by atoms with E-state index in [1.807, 2.05) is 17.0 Å². The Kier molecular flexibility index (Phi) is 5.55. The molecule has 1 aromatic heterocycles. The molecule has 3 N–H and O–H groups in total. The van der Waals surface area contributed by atoms with Gasteiger partial charge in [-0.2, -0.15) is 0 Å². The van der Waals surface area contributed by atoms with Crippen LogP contribution in [0.3, 0.4) is 0 Å². The Morgan fingerprint density at radius 1 is 1.24 bits per heavy atom. The third-order valence-electron chi connectivity index (χ3n) is 5.97. The Balaban J connectivity index is 1.46. The van der Waals surface area contributed by atoms with Crippen molar-refractivity contribution in [2.24, 2.45) is 9.98 Å². The summed E-state index contributed by atoms with van der Waals surface area (Å²) in [6.45, 7) is 4.29. The predicted molar refractivity (Wildman–Crippen MR) is 128 cm³/mol. The van der Waals surface area contributed by atoms with Crippen molar-refractivity contribution in [1.82, 2.24) is 9.88 Å². The fourth-order valence-electron chi connectivity index (χ4n) is 4.39. The van der Waals surface area contributed by atoms with Gasteiger partial charge in [-0.3, -0.25) is 9.79 Å². The number of amidine groups is 2. The molecule has 0 radical (unpaired) electrons. The molecule has 1 unspecified atom stereocenters. The number of anilines is 2. The molecule has 1 fully saturated rings. The summed E-state index contributed by atoms with van der Waals surface area (Å²) >= 11 is 0. The number of pyridine rings is 1. The Hall–Kier alpha value is -3.72. The molecule has 0 bridgehead atoms. The first-order valence-electron chi connectivity index (χ1n) is 11.1. The number of aromatic nitrogens is 1. The molecule has 1 aromatic carbocycles. The number of amides is 1. The van der Waals surface area contributed by atoms with E-state index >= 15 is 0 Å². The van der Waals surface area contributed by atoms with Crippen molar-refractivity contribution < 1.29 is 15.0 Å². The maximum Gasteiger partial charge on any atom is 0.222 e. The van der Waals surface area contributed by atoms with Gasteiger partial charge in [-0.05, 0) is 43.2 Å². The van der Waals surface area contributed by atoms with Crippen molar-refractivity contribution in [2.45, 2.75) is 25.9 Å². The van der Waals surface area contributed by atoms with Gasteiger partial charge in [0.15, 0.2) is 0 Å². The lowest BCUT2D eigenvalue weighted by Gasteiger charge is -2.33. The predicted octanol–water partition coefficient (Wildman–Crippen LogP) is 2.71. The quantitative estimate of drug-likeness (QED) is 0.623. The van der Waals surface area contributed by atoms with Gasteiger partial charge in [0.05, 0.1) is 18.3 Å². The van der Waals surface area contributed by atoms with Crippen LogP contribution in [0.25, 0.3) is 5.76 Å². The second kappa shape index (κ2) is 8.67. The number of β-amino-alcohol motifs (C(OH)–C–C–N with tert-alkyl or cyclic N) is 1. The Morgan fingerprint density at radius 3 is 2.88 bits per heavy atom. The normalized spacial score (nSPS) is 20.1. The van der Waals surface area contributed by atoms with Gasteiger partial charge in [-0.15, -0.1) is 0 Å². The zero-order valence-corrected chi connectivity index (χ0v) is 18.4. The van der Waals surface area contributed by atoms with E-state index < -0.39 is 0 Å². The number of aliphatic hydroxyl groups excluding tert-OH is 2. The van der Waals surface area contributed by atoms with E-state index in [-0.39, 0.29) is 17.8 Å². The van der Waals surface area contributed by atoms with Crippen LogP contribution in [0.4, 0.5) is 17.2 Å². The van der Waals surface area contributed by atoms with Crippen LogP contribution in [0.15, 0.2) is 52.6 Å². The minimum atomic E-state index is -0.311. The minimum absolute atomic E-state index is 0.0284. The topological polar surface area (TPSA) is 114 Å². The van der Waals surface area contributed by atoms with E-state index in [4.69, 9.17) is 4.99 Å². The summed E-state index contributed by atoms with van der Waals surface area (Å²) in [5.74, 6) is 1.71. The van der Waals surface area contributed by atoms with Gasteiger partial charge in [-0.1, -0.05) is 0 Å². The lowest BCUT2D eigenvalue weighted by atomic mass is 10.0. The molecule has 2 aromatic rings. The summed E-state index contributed by atoms with van der Waals surface area (Å²) in [6.07, 6.45) is 4.61. The fraction of sp³-hybridized carbons (Fsp3) is 0.333. The van der Waals surface area contributed by atoms with Crippen LogP contribution in [0.1, 0.15) is 30.9 Å². The SMILES string of the molecule is CC(=O)Nc1ccc(/C(O)=C/C2=Nc3cc(N4CCCC(O)C4)ccc3C3=NCCN23)cn1. The number of fused-ring (bicyclic) bond motifs is 3. The van der Waals surface area contributed by atoms with Gasteiger partial charge in [0, 0.05) is 55.6 Å². The molecule has 4 heterocycles. The number of piperidine rings is 1. The van der Waals surface area contributed by atoms with Crippen LogP contribution in [-0.2, 0) is 4.79 Å². The van der Waals surface area contributed by atoms with E-state index in [0.717, 1.165) is 42.2 Å². The number of nitrogens with zero attached hydrogens (tertiary/aromatic N) is 5. The number of rotatable bonds is 4. The smallest absolute Gasteiger partial charge is 0.222 e. The maximum absolute atomic E-state index is 11.2.